The first kappa shape index (κ1) is 17.0. The number of methoxy groups -OCH3 is 1. The average Bonchev–Trinajstić information content (AvgIpc) is 3.07. The molecule has 0 unspecified atom stereocenters. The monoisotopic (exact) mass is 324 g/mol. The van der Waals surface area contributed by atoms with Gasteiger partial charge in [0.15, 0.2) is 0 Å². The summed E-state index contributed by atoms with van der Waals surface area (Å²) in [5, 5.41) is 3.19. The molecule has 2 bridgehead atoms. The number of ether oxygens (including phenoxy) is 1. The maximum Gasteiger partial charge on any atom is 0.317 e. The van der Waals surface area contributed by atoms with Gasteiger partial charge in [0.05, 0.1) is 6.61 Å². The lowest BCUT2D eigenvalue weighted by atomic mass is 10.1. The lowest BCUT2D eigenvalue weighted by molar-refractivity contribution is 0.138. The second kappa shape index (κ2) is 7.81. The lowest BCUT2D eigenvalue weighted by Crippen LogP contribution is -2.48. The first-order valence-corrected chi connectivity index (χ1v) is 9.16. The Balaban J connectivity index is 1.46. The number of likely N-dealkylation sites (N-methyl/N-ethyl adjacent to an activating group) is 1. The molecule has 3 aliphatic rings. The number of amides is 2. The maximum absolute atomic E-state index is 12.6. The number of urea groups is 1. The highest BCUT2D eigenvalue weighted by Gasteiger charge is 2.36. The summed E-state index contributed by atoms with van der Waals surface area (Å²) in [6.45, 7) is 5.42. The molecule has 0 aliphatic carbocycles. The van der Waals surface area contributed by atoms with E-state index in [9.17, 15) is 4.79 Å². The number of fused-ring (bicyclic) bond motifs is 2. The van der Waals surface area contributed by atoms with Crippen LogP contribution in [0, 0.1) is 0 Å². The van der Waals surface area contributed by atoms with E-state index < -0.39 is 0 Å². The van der Waals surface area contributed by atoms with Crippen molar-refractivity contribution in [3.63, 3.8) is 0 Å². The third-order valence-corrected chi connectivity index (χ3v) is 6.01. The zero-order valence-electron chi connectivity index (χ0n) is 14.7. The van der Waals surface area contributed by atoms with E-state index in [0.29, 0.717) is 18.1 Å². The Morgan fingerprint density at radius 1 is 1.17 bits per heavy atom. The number of nitrogens with one attached hydrogen (secondary N) is 1. The Kier molecular flexibility index (Phi) is 5.77. The molecular weight excluding hydrogens is 292 g/mol. The fraction of sp³-hybridized carbons (Fsp3) is 0.941. The Bertz CT molecular complexity index is 406. The summed E-state index contributed by atoms with van der Waals surface area (Å²) >= 11 is 0. The molecule has 3 fully saturated rings. The summed E-state index contributed by atoms with van der Waals surface area (Å²) in [4.78, 5) is 19.5. The lowest BCUT2D eigenvalue weighted by Gasteiger charge is -2.28. The SMILES string of the molecule is COCCN1CCC[C@@H]1CNC(=O)N1CC[C@H]2CC[C@@H](C1)N2C. The van der Waals surface area contributed by atoms with Crippen LogP contribution < -0.4 is 5.32 Å². The molecule has 3 heterocycles. The number of hydrogen-bond acceptors (Lipinski definition) is 4. The summed E-state index contributed by atoms with van der Waals surface area (Å²) in [7, 11) is 3.97. The maximum atomic E-state index is 12.6. The van der Waals surface area contributed by atoms with Crippen LogP contribution in [0.3, 0.4) is 0 Å². The Hall–Kier alpha value is -0.850. The first-order valence-electron chi connectivity index (χ1n) is 9.16. The number of carbonyl (C=O) groups is 1. The van der Waals surface area contributed by atoms with Gasteiger partial charge in [-0.3, -0.25) is 9.80 Å². The standard InChI is InChI=1S/C17H32N4O2/c1-19-14-5-6-16(19)13-21(9-7-14)17(22)18-12-15-4-3-8-20(15)10-11-23-2/h14-16H,3-13H2,1-2H3,(H,18,22)/t14-,15-,16+/m1/s1. The van der Waals surface area contributed by atoms with Gasteiger partial charge in [-0.1, -0.05) is 0 Å². The van der Waals surface area contributed by atoms with E-state index in [4.69, 9.17) is 4.74 Å². The van der Waals surface area contributed by atoms with Gasteiger partial charge in [0.2, 0.25) is 0 Å². The molecule has 0 radical (unpaired) electrons. The second-order valence-corrected chi connectivity index (χ2v) is 7.30. The van der Waals surface area contributed by atoms with Crippen LogP contribution in [0.1, 0.15) is 32.1 Å². The Morgan fingerprint density at radius 2 is 2.00 bits per heavy atom. The topological polar surface area (TPSA) is 48.1 Å². The molecule has 6 heteroatoms. The summed E-state index contributed by atoms with van der Waals surface area (Å²) in [5.41, 5.74) is 0. The van der Waals surface area contributed by atoms with Gasteiger partial charge in [0.1, 0.15) is 0 Å². The van der Waals surface area contributed by atoms with E-state index in [0.717, 1.165) is 45.8 Å². The van der Waals surface area contributed by atoms with E-state index in [2.05, 4.69) is 22.2 Å². The van der Waals surface area contributed by atoms with Crippen LogP contribution in [-0.2, 0) is 4.74 Å². The summed E-state index contributed by atoms with van der Waals surface area (Å²) < 4.78 is 5.18. The average molecular weight is 324 g/mol. The molecule has 3 aliphatic heterocycles. The van der Waals surface area contributed by atoms with Gasteiger partial charge in [-0.2, -0.15) is 0 Å². The van der Waals surface area contributed by atoms with Crippen LogP contribution in [0.2, 0.25) is 0 Å². The molecule has 3 saturated heterocycles. The molecule has 132 valence electrons. The first-order chi connectivity index (χ1) is 11.2. The molecule has 0 saturated carbocycles. The van der Waals surface area contributed by atoms with E-state index in [1.165, 1.54) is 25.7 Å². The van der Waals surface area contributed by atoms with E-state index in [-0.39, 0.29) is 6.03 Å². The second-order valence-electron chi connectivity index (χ2n) is 7.30. The van der Waals surface area contributed by atoms with Crippen LogP contribution in [0.5, 0.6) is 0 Å². The van der Waals surface area contributed by atoms with Gasteiger partial charge in [-0.25, -0.2) is 4.79 Å². The highest BCUT2D eigenvalue weighted by molar-refractivity contribution is 5.74. The molecule has 6 nitrogen and oxygen atoms in total. The van der Waals surface area contributed by atoms with Crippen LogP contribution in [-0.4, -0.2) is 92.3 Å². The fourth-order valence-electron chi connectivity index (χ4n) is 4.44. The number of carbonyl (C=O) groups excluding carboxylic acids is 1. The van der Waals surface area contributed by atoms with Crippen molar-refractivity contribution in [2.24, 2.45) is 0 Å². The van der Waals surface area contributed by atoms with Crippen molar-refractivity contribution >= 4 is 6.03 Å². The Morgan fingerprint density at radius 3 is 2.83 bits per heavy atom. The van der Waals surface area contributed by atoms with Gasteiger partial charge in [0.25, 0.3) is 0 Å². The van der Waals surface area contributed by atoms with Crippen molar-refractivity contribution in [2.45, 2.75) is 50.2 Å². The minimum atomic E-state index is 0.129. The van der Waals surface area contributed by atoms with Crippen molar-refractivity contribution in [2.75, 3.05) is 53.5 Å². The van der Waals surface area contributed by atoms with Crippen molar-refractivity contribution in [1.29, 1.82) is 0 Å². The molecule has 3 rings (SSSR count). The molecule has 0 aromatic heterocycles. The normalized spacial score (nSPS) is 32.3. The molecule has 23 heavy (non-hydrogen) atoms. The molecular formula is C17H32N4O2. The van der Waals surface area contributed by atoms with Gasteiger partial charge in [-0.15, -0.1) is 0 Å². The van der Waals surface area contributed by atoms with Gasteiger partial charge >= 0.3 is 6.03 Å². The van der Waals surface area contributed by atoms with Crippen molar-refractivity contribution in [3.8, 4) is 0 Å². The molecule has 2 amide bonds. The van der Waals surface area contributed by atoms with Crippen LogP contribution in [0.15, 0.2) is 0 Å². The minimum Gasteiger partial charge on any atom is -0.383 e. The van der Waals surface area contributed by atoms with Crippen LogP contribution >= 0.6 is 0 Å². The number of hydrogen-bond donors (Lipinski definition) is 1. The largest absolute Gasteiger partial charge is 0.383 e. The van der Waals surface area contributed by atoms with E-state index in [1.807, 2.05) is 4.90 Å². The minimum absolute atomic E-state index is 0.129. The zero-order valence-corrected chi connectivity index (χ0v) is 14.7. The quantitative estimate of drug-likeness (QED) is 0.819. The van der Waals surface area contributed by atoms with Gasteiger partial charge in [-0.05, 0) is 45.7 Å². The van der Waals surface area contributed by atoms with E-state index in [1.54, 1.807) is 7.11 Å². The highest BCUT2D eigenvalue weighted by atomic mass is 16.5. The molecule has 0 aromatic carbocycles. The van der Waals surface area contributed by atoms with Gasteiger partial charge < -0.3 is 15.0 Å². The third-order valence-electron chi connectivity index (χ3n) is 6.01. The summed E-state index contributed by atoms with van der Waals surface area (Å²) in [5.74, 6) is 0. The predicted octanol–water partition coefficient (Wildman–Crippen LogP) is 0.975. The van der Waals surface area contributed by atoms with E-state index >= 15 is 0 Å². The summed E-state index contributed by atoms with van der Waals surface area (Å²) in [6.07, 6.45) is 6.05. The highest BCUT2D eigenvalue weighted by Crippen LogP contribution is 2.28. The third kappa shape index (κ3) is 3.98. The van der Waals surface area contributed by atoms with Crippen molar-refractivity contribution in [3.05, 3.63) is 0 Å². The Labute approximate surface area is 140 Å². The van der Waals surface area contributed by atoms with Crippen molar-refractivity contribution in [1.82, 2.24) is 20.0 Å². The number of likely N-dealkylation sites (tertiary alicyclic amines) is 2. The predicted molar refractivity (Wildman–Crippen MR) is 90.6 cm³/mol. The molecule has 1 N–H and O–H groups in total. The number of rotatable bonds is 5. The molecule has 3 atom stereocenters. The van der Waals surface area contributed by atoms with Gasteiger partial charge in [0, 0.05) is 51.4 Å². The van der Waals surface area contributed by atoms with Crippen molar-refractivity contribution < 1.29 is 9.53 Å². The smallest absolute Gasteiger partial charge is 0.317 e. The van der Waals surface area contributed by atoms with Crippen LogP contribution in [0.25, 0.3) is 0 Å². The summed E-state index contributed by atoms with van der Waals surface area (Å²) in [6, 6.07) is 1.83. The van der Waals surface area contributed by atoms with Crippen LogP contribution in [0.4, 0.5) is 4.79 Å². The number of nitrogens with zero attached hydrogens (tertiary/aromatic N) is 3. The molecule has 0 spiro atoms. The molecule has 0 aromatic rings. The fourth-order valence-corrected chi connectivity index (χ4v) is 4.44. The zero-order chi connectivity index (χ0) is 16.2.